The van der Waals surface area contributed by atoms with Crippen molar-refractivity contribution in [2.45, 2.75) is 110 Å². The van der Waals surface area contributed by atoms with Crippen LogP contribution in [0.2, 0.25) is 5.04 Å². The Kier molecular flexibility index (Phi) is 11.6. The molecule has 14 nitrogen and oxygen atoms in total. The molecule has 2 saturated carbocycles. The highest BCUT2D eigenvalue weighted by atomic mass is 28.2. The molecule has 59 heavy (non-hydrogen) atoms. The van der Waals surface area contributed by atoms with Crippen molar-refractivity contribution < 1.29 is 9.53 Å². The summed E-state index contributed by atoms with van der Waals surface area (Å²) < 4.78 is 10.4. The molecule has 306 valence electrons. The van der Waals surface area contributed by atoms with Gasteiger partial charge < -0.3 is 21.0 Å². The average Bonchev–Trinajstić information content (AvgIpc) is 4.01. The molecule has 0 aliphatic heterocycles. The van der Waals surface area contributed by atoms with Gasteiger partial charge in [-0.1, -0.05) is 70.1 Å². The number of hydrogen-bond donors (Lipinski definition) is 3. The van der Waals surface area contributed by atoms with Gasteiger partial charge >= 0.3 is 0 Å². The summed E-state index contributed by atoms with van der Waals surface area (Å²) in [5.74, 6) is 16.5. The van der Waals surface area contributed by atoms with Gasteiger partial charge in [-0.05, 0) is 94.8 Å². The number of nitrogen functional groups attached to an aromatic ring is 2. The van der Waals surface area contributed by atoms with E-state index in [-0.39, 0.29) is 40.0 Å². The number of aliphatic hydroxyl groups excluding tert-OH is 1. The van der Waals surface area contributed by atoms with Crippen LogP contribution in [0.4, 0.5) is 11.9 Å². The van der Waals surface area contributed by atoms with Gasteiger partial charge in [0, 0.05) is 11.1 Å². The zero-order valence-electron chi connectivity index (χ0n) is 35.2. The maximum absolute atomic E-state index is 9.74. The number of aryl methyl sites for hydroxylation is 2. The van der Waals surface area contributed by atoms with Crippen molar-refractivity contribution in [1.29, 1.82) is 0 Å². The van der Waals surface area contributed by atoms with Crippen LogP contribution in [0.15, 0.2) is 49.1 Å². The van der Waals surface area contributed by atoms with Crippen molar-refractivity contribution in [2.24, 2.45) is 10.8 Å². The fraction of sp³-hybridized carbons (Fsp3) is 0.455. The first-order chi connectivity index (χ1) is 28.1. The summed E-state index contributed by atoms with van der Waals surface area (Å²) >= 11 is 0. The minimum atomic E-state index is -0.677. The Morgan fingerprint density at radius 2 is 1.17 bits per heavy atom. The lowest BCUT2D eigenvalue weighted by Crippen LogP contribution is -2.45. The topological polar surface area (TPSA) is 194 Å². The second-order valence-electron chi connectivity index (χ2n) is 17.5. The summed E-state index contributed by atoms with van der Waals surface area (Å²) in [6.07, 6.45) is 11.5. The molecular weight excluding hydrogens is 757 g/mol. The number of rotatable bonds is 6. The molecule has 6 aromatic rings. The Bertz CT molecular complexity index is 2610. The molecule has 8 rings (SSSR count). The van der Waals surface area contributed by atoms with Crippen LogP contribution in [0.25, 0.3) is 34.0 Å². The molecule has 0 saturated heterocycles. The molecule has 0 radical (unpaired) electrons. The van der Waals surface area contributed by atoms with Crippen LogP contribution in [0.5, 0.6) is 0 Å². The van der Waals surface area contributed by atoms with Crippen LogP contribution in [0.3, 0.4) is 0 Å². The van der Waals surface area contributed by atoms with E-state index in [1.54, 1.807) is 0 Å². The van der Waals surface area contributed by atoms with Gasteiger partial charge in [-0.15, -0.1) is 0 Å². The number of fused-ring (bicyclic) bond motifs is 2. The van der Waals surface area contributed by atoms with Crippen LogP contribution < -0.4 is 11.5 Å². The minimum absolute atomic E-state index is 0.115. The first-order valence-corrected chi connectivity index (χ1v) is 21.6. The lowest BCUT2D eigenvalue weighted by Gasteiger charge is -2.42. The van der Waals surface area contributed by atoms with Crippen molar-refractivity contribution in [2.75, 3.05) is 18.1 Å². The Morgan fingerprint density at radius 3 is 1.63 bits per heavy atom. The summed E-state index contributed by atoms with van der Waals surface area (Å²) in [7, 11) is -0.677. The molecule has 4 heterocycles. The molecule has 0 bridgehead atoms. The molecule has 5 N–H and O–H groups in total. The number of hydrogen-bond acceptors (Lipinski definition) is 12. The molecular formula is C44H54N12O2Si. The SMILES string of the molecule is Cc1nc2ccc(C#CC3(C(C)(C)O[SiH2]C(C)(C)C)CCCC3)cc2n1-c1ncnc(N)n1.Cc1nc2ccc(C#CC3(CO)CCCC3)cc2n1-c1ncnc(N)n1. The van der Waals surface area contributed by atoms with Gasteiger partial charge in [0.05, 0.1) is 45.1 Å². The van der Waals surface area contributed by atoms with Gasteiger partial charge in [-0.3, -0.25) is 9.13 Å². The smallest absolute Gasteiger partial charge is 0.240 e. The molecule has 2 fully saturated rings. The third-order valence-electron chi connectivity index (χ3n) is 11.5. The Morgan fingerprint density at radius 1 is 0.695 bits per heavy atom. The molecule has 4 aromatic heterocycles. The Hall–Kier alpha value is -5.74. The van der Waals surface area contributed by atoms with Crippen LogP contribution in [0, 0.1) is 48.4 Å². The second-order valence-corrected chi connectivity index (χ2v) is 20.2. The molecule has 0 unspecified atom stereocenters. The van der Waals surface area contributed by atoms with Crippen molar-refractivity contribution in [3.8, 4) is 35.6 Å². The van der Waals surface area contributed by atoms with Crippen LogP contribution in [-0.4, -0.2) is 76.1 Å². The Labute approximate surface area is 348 Å². The highest BCUT2D eigenvalue weighted by Crippen LogP contribution is 2.48. The van der Waals surface area contributed by atoms with E-state index >= 15 is 0 Å². The van der Waals surface area contributed by atoms with E-state index in [9.17, 15) is 5.11 Å². The fourth-order valence-electron chi connectivity index (χ4n) is 8.03. The van der Waals surface area contributed by atoms with Crippen molar-refractivity contribution >= 4 is 43.7 Å². The predicted molar refractivity (Wildman–Crippen MR) is 233 cm³/mol. The van der Waals surface area contributed by atoms with E-state index in [1.165, 1.54) is 25.5 Å². The maximum Gasteiger partial charge on any atom is 0.240 e. The zero-order chi connectivity index (χ0) is 42.0. The third-order valence-corrected chi connectivity index (χ3v) is 13.2. The number of aliphatic hydroxyl groups is 1. The number of nitrogens with zero attached hydrogens (tertiary/aromatic N) is 10. The first kappa shape index (κ1) is 41.4. The summed E-state index contributed by atoms with van der Waals surface area (Å²) in [6, 6.07) is 12.0. The van der Waals surface area contributed by atoms with Gasteiger partial charge in [0.2, 0.25) is 23.8 Å². The molecule has 0 atom stereocenters. The van der Waals surface area contributed by atoms with Gasteiger partial charge in [0.15, 0.2) is 9.76 Å². The molecule has 2 aromatic carbocycles. The van der Waals surface area contributed by atoms with Gasteiger partial charge in [0.1, 0.15) is 24.3 Å². The van der Waals surface area contributed by atoms with Crippen LogP contribution in [0.1, 0.15) is 109 Å². The monoisotopic (exact) mass is 810 g/mol. The number of aromatic nitrogens is 10. The minimum Gasteiger partial charge on any atom is -0.417 e. The molecule has 0 amide bonds. The normalized spacial score (nSPS) is 16.1. The zero-order valence-corrected chi connectivity index (χ0v) is 36.6. The first-order valence-electron chi connectivity index (χ1n) is 20.3. The predicted octanol–water partition coefficient (Wildman–Crippen LogP) is 6.12. The summed E-state index contributed by atoms with van der Waals surface area (Å²) in [4.78, 5) is 33.9. The molecule has 2 aliphatic carbocycles. The lowest BCUT2D eigenvalue weighted by molar-refractivity contribution is 0.00606. The van der Waals surface area contributed by atoms with Crippen molar-refractivity contribution in [1.82, 2.24) is 49.0 Å². The van der Waals surface area contributed by atoms with E-state index in [1.807, 2.05) is 53.3 Å². The fourth-order valence-corrected chi connectivity index (χ4v) is 9.10. The van der Waals surface area contributed by atoms with Crippen molar-refractivity contribution in [3.05, 3.63) is 71.8 Å². The number of benzene rings is 2. The number of nitrogens with two attached hydrogens (primary N) is 2. The van der Waals surface area contributed by atoms with E-state index in [2.05, 4.69) is 104 Å². The standard InChI is InChI=1S/C25H34N6OSi.C19H20N6O/c1-17-29-19-10-9-18(15-20(19)31(17)22-28-16-27-21(26)30-22)11-14-25(12-7-8-13-25)24(5,6)32-33-23(2,3)4;1-13-23-15-5-4-14(6-9-19(11-26)7-2-3-8-19)10-16(15)25(13)18-22-12-21-17(20)24-18/h9-10,15-16H,7-8,12-13,33H2,1-6H3,(H2,26,27,28,30);4-5,10,12,26H,2-3,7-8,11H2,1H3,(H2,20,21,22,24). The Balaban J connectivity index is 0.000000184. The van der Waals surface area contributed by atoms with E-state index in [4.69, 9.17) is 15.9 Å². The van der Waals surface area contributed by atoms with Crippen LogP contribution in [-0.2, 0) is 4.43 Å². The summed E-state index contributed by atoms with van der Waals surface area (Å²) in [5.41, 5.74) is 16.1. The van der Waals surface area contributed by atoms with E-state index in [0.29, 0.717) is 11.9 Å². The van der Waals surface area contributed by atoms with E-state index in [0.717, 1.165) is 83.4 Å². The number of anilines is 2. The quantitative estimate of drug-likeness (QED) is 0.129. The lowest BCUT2D eigenvalue weighted by atomic mass is 9.73. The van der Waals surface area contributed by atoms with Gasteiger partial charge in [0.25, 0.3) is 0 Å². The summed E-state index contributed by atoms with van der Waals surface area (Å²) in [5, 5.41) is 9.99. The second kappa shape index (κ2) is 16.5. The largest absolute Gasteiger partial charge is 0.417 e. The highest BCUT2D eigenvalue weighted by Gasteiger charge is 2.47. The molecule has 15 heteroatoms. The van der Waals surface area contributed by atoms with Gasteiger partial charge in [-0.25, -0.2) is 29.9 Å². The van der Waals surface area contributed by atoms with Crippen molar-refractivity contribution in [3.63, 3.8) is 0 Å². The van der Waals surface area contributed by atoms with Crippen LogP contribution >= 0.6 is 0 Å². The molecule has 0 spiro atoms. The maximum atomic E-state index is 9.74. The number of imidazole rings is 2. The summed E-state index contributed by atoms with van der Waals surface area (Å²) in [6.45, 7) is 15.2. The third kappa shape index (κ3) is 8.98. The van der Waals surface area contributed by atoms with E-state index < -0.39 is 9.76 Å². The highest BCUT2D eigenvalue weighted by molar-refractivity contribution is 6.31. The average molecular weight is 811 g/mol. The van der Waals surface area contributed by atoms with Gasteiger partial charge in [-0.2, -0.15) is 9.97 Å². The molecule has 2 aliphatic rings.